The summed E-state index contributed by atoms with van der Waals surface area (Å²) in [7, 11) is 0. The number of aromatic hydroxyl groups is 1. The number of amides is 2. The molecule has 1 aromatic carbocycles. The summed E-state index contributed by atoms with van der Waals surface area (Å²) in [6.45, 7) is 8.51. The Kier molecular flexibility index (Phi) is 6.05. The molecule has 0 aromatic heterocycles. The number of ether oxygens (including phenoxy) is 1. The van der Waals surface area contributed by atoms with Crippen LogP contribution in [0.4, 0.5) is 9.18 Å². The fourth-order valence-electron chi connectivity index (χ4n) is 4.34. The Hall–Kier alpha value is -2.31. The van der Waals surface area contributed by atoms with Gasteiger partial charge in [0.05, 0.1) is 5.56 Å². The summed E-state index contributed by atoms with van der Waals surface area (Å²) >= 11 is 0. The van der Waals surface area contributed by atoms with E-state index in [4.69, 9.17) is 4.74 Å². The molecule has 1 aliphatic heterocycles. The van der Waals surface area contributed by atoms with E-state index in [0.717, 1.165) is 25.7 Å². The maximum Gasteiger partial charge on any atom is 0.407 e. The van der Waals surface area contributed by atoms with Gasteiger partial charge in [0.15, 0.2) is 11.6 Å². The SMILES string of the molecule is CC(NC(=O)OC(C)(C)C)C1CCC(CN2Cc3ccc(O)c(F)c3C2=O)CC1. The Balaban J connectivity index is 1.49. The second kappa shape index (κ2) is 8.20. The van der Waals surface area contributed by atoms with E-state index in [0.29, 0.717) is 30.5 Å². The molecule has 1 heterocycles. The van der Waals surface area contributed by atoms with E-state index in [-0.39, 0.29) is 17.5 Å². The van der Waals surface area contributed by atoms with Crippen LogP contribution in [0.25, 0.3) is 0 Å². The number of halogens is 1. The number of fused-ring (bicyclic) bond motifs is 1. The number of carbonyl (C=O) groups is 2. The van der Waals surface area contributed by atoms with Crippen molar-refractivity contribution in [2.45, 2.75) is 71.6 Å². The van der Waals surface area contributed by atoms with Gasteiger partial charge in [0, 0.05) is 19.1 Å². The second-order valence-corrected chi connectivity index (χ2v) is 9.33. The number of rotatable bonds is 4. The Bertz CT molecular complexity index is 782. The Morgan fingerprint density at radius 2 is 1.97 bits per heavy atom. The van der Waals surface area contributed by atoms with Crippen LogP contribution in [-0.2, 0) is 11.3 Å². The number of nitrogens with one attached hydrogen (secondary N) is 1. The van der Waals surface area contributed by atoms with Crippen LogP contribution in [0.3, 0.4) is 0 Å². The monoisotopic (exact) mass is 406 g/mol. The van der Waals surface area contributed by atoms with Crippen LogP contribution in [-0.4, -0.2) is 40.2 Å². The summed E-state index contributed by atoms with van der Waals surface area (Å²) in [5, 5.41) is 12.5. The molecule has 1 aromatic rings. The van der Waals surface area contributed by atoms with Crippen molar-refractivity contribution in [2.75, 3.05) is 6.54 Å². The molecule has 3 rings (SSSR count). The van der Waals surface area contributed by atoms with Gasteiger partial charge >= 0.3 is 6.09 Å². The maximum absolute atomic E-state index is 14.1. The van der Waals surface area contributed by atoms with Gasteiger partial charge in [0.2, 0.25) is 0 Å². The smallest absolute Gasteiger partial charge is 0.407 e. The number of phenols is 1. The van der Waals surface area contributed by atoms with Gasteiger partial charge in [-0.25, -0.2) is 9.18 Å². The summed E-state index contributed by atoms with van der Waals surface area (Å²) in [6.07, 6.45) is 3.45. The van der Waals surface area contributed by atoms with E-state index in [1.165, 1.54) is 6.07 Å². The summed E-state index contributed by atoms with van der Waals surface area (Å²) in [5.41, 5.74) is 0.125. The zero-order valence-corrected chi connectivity index (χ0v) is 17.6. The van der Waals surface area contributed by atoms with Gasteiger partial charge < -0.3 is 20.1 Å². The van der Waals surface area contributed by atoms with Gasteiger partial charge in [-0.05, 0) is 76.8 Å². The van der Waals surface area contributed by atoms with Gasteiger partial charge in [-0.3, -0.25) is 4.79 Å². The number of nitrogens with zero attached hydrogens (tertiary/aromatic N) is 1. The van der Waals surface area contributed by atoms with Crippen molar-refractivity contribution in [1.82, 2.24) is 10.2 Å². The lowest BCUT2D eigenvalue weighted by Gasteiger charge is -2.34. The third-order valence-electron chi connectivity index (χ3n) is 5.89. The zero-order chi connectivity index (χ0) is 21.3. The highest BCUT2D eigenvalue weighted by molar-refractivity contribution is 5.99. The normalized spacial score (nSPS) is 22.9. The van der Waals surface area contributed by atoms with Crippen molar-refractivity contribution in [3.63, 3.8) is 0 Å². The average molecular weight is 406 g/mol. The molecule has 2 aliphatic rings. The highest BCUT2D eigenvalue weighted by Crippen LogP contribution is 2.35. The number of alkyl carbamates (subject to hydrolysis) is 1. The molecule has 1 fully saturated rings. The number of phenolic OH excluding ortho intramolecular Hbond substituents is 1. The quantitative estimate of drug-likeness (QED) is 0.785. The van der Waals surface area contributed by atoms with E-state index in [2.05, 4.69) is 5.32 Å². The summed E-state index contributed by atoms with van der Waals surface area (Å²) in [6, 6.07) is 2.95. The first kappa shape index (κ1) is 21.4. The van der Waals surface area contributed by atoms with Crippen LogP contribution >= 0.6 is 0 Å². The third kappa shape index (κ3) is 5.00. The first-order valence-electron chi connectivity index (χ1n) is 10.3. The van der Waals surface area contributed by atoms with Crippen molar-refractivity contribution in [3.8, 4) is 5.75 Å². The molecule has 1 unspecified atom stereocenters. The van der Waals surface area contributed by atoms with Gasteiger partial charge in [0.25, 0.3) is 5.91 Å². The largest absolute Gasteiger partial charge is 0.505 e. The Morgan fingerprint density at radius 3 is 2.59 bits per heavy atom. The lowest BCUT2D eigenvalue weighted by atomic mass is 9.78. The molecule has 0 bridgehead atoms. The van der Waals surface area contributed by atoms with Crippen LogP contribution in [0.15, 0.2) is 12.1 Å². The molecule has 1 saturated carbocycles. The lowest BCUT2D eigenvalue weighted by molar-refractivity contribution is 0.0474. The first-order chi connectivity index (χ1) is 13.5. The van der Waals surface area contributed by atoms with Crippen LogP contribution in [0.1, 0.15) is 69.3 Å². The minimum absolute atomic E-state index is 0.00821. The number of hydrogen-bond acceptors (Lipinski definition) is 4. The molecular weight excluding hydrogens is 375 g/mol. The van der Waals surface area contributed by atoms with Crippen molar-refractivity contribution in [2.24, 2.45) is 11.8 Å². The van der Waals surface area contributed by atoms with Gasteiger partial charge in [0.1, 0.15) is 5.60 Å². The molecule has 7 heteroatoms. The molecule has 0 saturated heterocycles. The highest BCUT2D eigenvalue weighted by Gasteiger charge is 2.35. The number of hydrogen-bond donors (Lipinski definition) is 2. The van der Waals surface area contributed by atoms with Gasteiger partial charge in [-0.2, -0.15) is 0 Å². The molecule has 6 nitrogen and oxygen atoms in total. The molecule has 29 heavy (non-hydrogen) atoms. The molecule has 2 N–H and O–H groups in total. The van der Waals surface area contributed by atoms with E-state index in [1.54, 1.807) is 11.0 Å². The van der Waals surface area contributed by atoms with Crippen LogP contribution in [0, 0.1) is 17.7 Å². The predicted molar refractivity (Wildman–Crippen MR) is 107 cm³/mol. The molecule has 1 atom stereocenters. The summed E-state index contributed by atoms with van der Waals surface area (Å²) < 4.78 is 19.4. The van der Waals surface area contributed by atoms with Gasteiger partial charge in [-0.15, -0.1) is 0 Å². The molecule has 160 valence electrons. The van der Waals surface area contributed by atoms with E-state index in [1.807, 2.05) is 27.7 Å². The Labute approximate surface area is 171 Å². The van der Waals surface area contributed by atoms with Crippen LogP contribution < -0.4 is 5.32 Å². The average Bonchev–Trinajstić information content (AvgIpc) is 2.93. The van der Waals surface area contributed by atoms with E-state index < -0.39 is 23.3 Å². The lowest BCUT2D eigenvalue weighted by Crippen LogP contribution is -2.43. The van der Waals surface area contributed by atoms with Crippen molar-refractivity contribution in [1.29, 1.82) is 0 Å². The zero-order valence-electron chi connectivity index (χ0n) is 17.6. The minimum Gasteiger partial charge on any atom is -0.505 e. The standard InChI is InChI=1S/C22H31FN2O4/c1-13(24-21(28)29-22(2,3)4)15-7-5-14(6-8-15)11-25-12-16-9-10-17(26)19(23)18(16)20(25)27/h9-10,13-15,26H,5-8,11-12H2,1-4H3,(H,24,28). The molecule has 1 aliphatic carbocycles. The number of benzene rings is 1. The minimum atomic E-state index is -0.819. The van der Waals surface area contributed by atoms with Crippen molar-refractivity contribution in [3.05, 3.63) is 29.1 Å². The topological polar surface area (TPSA) is 78.9 Å². The first-order valence-corrected chi connectivity index (χ1v) is 10.3. The van der Waals surface area contributed by atoms with Crippen LogP contribution in [0.2, 0.25) is 0 Å². The highest BCUT2D eigenvalue weighted by atomic mass is 19.1. The predicted octanol–water partition coefficient (Wildman–Crippen LogP) is 4.21. The van der Waals surface area contributed by atoms with Crippen molar-refractivity contribution >= 4 is 12.0 Å². The molecule has 0 radical (unpaired) electrons. The summed E-state index contributed by atoms with van der Waals surface area (Å²) in [5.74, 6) is -0.906. The molecule has 0 spiro atoms. The maximum atomic E-state index is 14.1. The third-order valence-corrected chi connectivity index (χ3v) is 5.89. The Morgan fingerprint density at radius 1 is 1.31 bits per heavy atom. The fraction of sp³-hybridized carbons (Fsp3) is 0.636. The molecule has 2 amide bonds. The fourth-order valence-corrected chi connectivity index (χ4v) is 4.34. The summed E-state index contributed by atoms with van der Waals surface area (Å²) in [4.78, 5) is 26.2. The van der Waals surface area contributed by atoms with Crippen molar-refractivity contribution < 1.29 is 23.8 Å². The molecular formula is C22H31FN2O4. The van der Waals surface area contributed by atoms with Gasteiger partial charge in [-0.1, -0.05) is 6.07 Å². The van der Waals surface area contributed by atoms with E-state index in [9.17, 15) is 19.1 Å². The second-order valence-electron chi connectivity index (χ2n) is 9.33. The van der Waals surface area contributed by atoms with E-state index >= 15 is 0 Å². The number of carbonyl (C=O) groups excluding carboxylic acids is 2. The van der Waals surface area contributed by atoms with Crippen LogP contribution in [0.5, 0.6) is 5.75 Å².